The quantitative estimate of drug-likeness (QED) is 0.889. The summed E-state index contributed by atoms with van der Waals surface area (Å²) in [6.07, 6.45) is 1.37. The summed E-state index contributed by atoms with van der Waals surface area (Å²) in [7, 11) is 0. The van der Waals surface area contributed by atoms with E-state index in [-0.39, 0.29) is 24.3 Å². The van der Waals surface area contributed by atoms with Crippen molar-refractivity contribution in [1.82, 2.24) is 10.1 Å². The molecule has 0 bridgehead atoms. The van der Waals surface area contributed by atoms with Gasteiger partial charge in [-0.05, 0) is 18.1 Å². The zero-order chi connectivity index (χ0) is 15.9. The highest BCUT2D eigenvalue weighted by Crippen LogP contribution is 2.08. The summed E-state index contributed by atoms with van der Waals surface area (Å²) < 4.78 is 4.66. The molecule has 22 heavy (non-hydrogen) atoms. The molecule has 0 atom stereocenters. The third-order valence-electron chi connectivity index (χ3n) is 2.93. The van der Waals surface area contributed by atoms with Gasteiger partial charge < -0.3 is 14.7 Å². The summed E-state index contributed by atoms with van der Waals surface area (Å²) in [6, 6.07) is 10.5. The van der Waals surface area contributed by atoms with Gasteiger partial charge in [0, 0.05) is 18.2 Å². The Hall–Kier alpha value is -2.63. The van der Waals surface area contributed by atoms with Crippen molar-refractivity contribution in [2.45, 2.75) is 13.8 Å². The number of hydrogen-bond donors (Lipinski definition) is 1. The number of nitrogens with zero attached hydrogens (tertiary/aromatic N) is 2. The lowest BCUT2D eigenvalue weighted by Gasteiger charge is -2.24. The predicted molar refractivity (Wildman–Crippen MR) is 82.3 cm³/mol. The predicted octanol–water partition coefficient (Wildman–Crippen LogP) is 2.41. The Labute approximate surface area is 129 Å². The van der Waals surface area contributed by atoms with Gasteiger partial charge >= 0.3 is 0 Å². The van der Waals surface area contributed by atoms with Gasteiger partial charge in [0.2, 0.25) is 5.91 Å². The van der Waals surface area contributed by atoms with E-state index >= 15 is 0 Å². The normalized spacial score (nSPS) is 10.5. The Morgan fingerprint density at radius 3 is 2.55 bits per heavy atom. The van der Waals surface area contributed by atoms with E-state index in [0.717, 1.165) is 0 Å². The van der Waals surface area contributed by atoms with Crippen LogP contribution in [0.25, 0.3) is 0 Å². The van der Waals surface area contributed by atoms with Crippen molar-refractivity contribution in [2.24, 2.45) is 5.92 Å². The van der Waals surface area contributed by atoms with E-state index < -0.39 is 0 Å². The summed E-state index contributed by atoms with van der Waals surface area (Å²) in [5.41, 5.74) is 0.567. The molecule has 0 radical (unpaired) electrons. The van der Waals surface area contributed by atoms with Crippen LogP contribution in [-0.2, 0) is 4.79 Å². The molecule has 2 rings (SSSR count). The van der Waals surface area contributed by atoms with Crippen LogP contribution in [0, 0.1) is 5.92 Å². The molecule has 0 unspecified atom stereocenters. The van der Waals surface area contributed by atoms with Gasteiger partial charge in [-0.15, -0.1) is 0 Å². The second-order valence-corrected chi connectivity index (χ2v) is 5.38. The van der Waals surface area contributed by atoms with Crippen LogP contribution >= 0.6 is 0 Å². The minimum atomic E-state index is -0.307. The molecule has 116 valence electrons. The van der Waals surface area contributed by atoms with E-state index in [1.165, 1.54) is 11.2 Å². The summed E-state index contributed by atoms with van der Waals surface area (Å²) in [5.74, 6) is 0.123. The Bertz CT molecular complexity index is 609. The number of anilines is 1. The first-order valence-corrected chi connectivity index (χ1v) is 7.11. The molecule has 0 aliphatic rings. The van der Waals surface area contributed by atoms with E-state index in [4.69, 9.17) is 0 Å². The molecule has 1 N–H and O–H groups in total. The number of carbonyl (C=O) groups excluding carboxylic acids is 2. The first-order valence-electron chi connectivity index (χ1n) is 7.11. The number of benzene rings is 1. The maximum Gasteiger partial charge on any atom is 0.254 e. The molecule has 0 aliphatic carbocycles. The number of amides is 2. The number of nitrogens with one attached hydrogen (secondary N) is 1. The van der Waals surface area contributed by atoms with Crippen molar-refractivity contribution in [3.05, 3.63) is 48.2 Å². The number of rotatable bonds is 6. The molecular formula is C16H19N3O3. The zero-order valence-electron chi connectivity index (χ0n) is 12.7. The molecule has 2 amide bonds. The fourth-order valence-electron chi connectivity index (χ4n) is 2.06. The van der Waals surface area contributed by atoms with E-state index in [0.29, 0.717) is 17.9 Å². The lowest BCUT2D eigenvalue weighted by Crippen LogP contribution is -2.40. The average Bonchev–Trinajstić information content (AvgIpc) is 2.99. The molecule has 1 heterocycles. The van der Waals surface area contributed by atoms with Crippen LogP contribution in [0.2, 0.25) is 0 Å². The second kappa shape index (κ2) is 7.40. The minimum absolute atomic E-state index is 0.0290. The highest BCUT2D eigenvalue weighted by Gasteiger charge is 2.20. The largest absolute Gasteiger partial charge is 0.363 e. The van der Waals surface area contributed by atoms with Crippen LogP contribution in [0.4, 0.5) is 5.82 Å². The molecule has 1 aromatic carbocycles. The van der Waals surface area contributed by atoms with Crippen LogP contribution < -0.4 is 5.32 Å². The van der Waals surface area contributed by atoms with Crippen LogP contribution in [0.1, 0.15) is 24.2 Å². The molecule has 0 saturated carbocycles. The molecule has 0 spiro atoms. The summed E-state index contributed by atoms with van der Waals surface area (Å²) >= 11 is 0. The molecule has 2 aromatic rings. The second-order valence-electron chi connectivity index (χ2n) is 5.38. The van der Waals surface area contributed by atoms with Crippen LogP contribution in [0.15, 0.2) is 47.2 Å². The fraction of sp³-hybridized carbons (Fsp3) is 0.312. The molecule has 6 heteroatoms. The van der Waals surface area contributed by atoms with E-state index in [1.807, 2.05) is 19.9 Å². The molecule has 0 saturated heterocycles. The summed E-state index contributed by atoms with van der Waals surface area (Å²) in [4.78, 5) is 26.1. The molecule has 6 nitrogen and oxygen atoms in total. The Kier molecular flexibility index (Phi) is 5.30. The van der Waals surface area contributed by atoms with Crippen LogP contribution in [0.5, 0.6) is 0 Å². The molecule has 0 aliphatic heterocycles. The smallest absolute Gasteiger partial charge is 0.254 e. The Morgan fingerprint density at radius 2 is 1.95 bits per heavy atom. The molecule has 1 aromatic heterocycles. The highest BCUT2D eigenvalue weighted by atomic mass is 16.5. The van der Waals surface area contributed by atoms with Crippen molar-refractivity contribution in [3.63, 3.8) is 0 Å². The SMILES string of the molecule is CC(C)CN(CC(=O)Nc1ccon1)C(=O)c1ccccc1. The van der Waals surface area contributed by atoms with E-state index in [9.17, 15) is 9.59 Å². The zero-order valence-corrected chi connectivity index (χ0v) is 12.7. The van der Waals surface area contributed by atoms with Crippen molar-refractivity contribution in [3.8, 4) is 0 Å². The summed E-state index contributed by atoms with van der Waals surface area (Å²) in [6.45, 7) is 4.47. The number of aromatic nitrogens is 1. The number of carbonyl (C=O) groups is 2. The lowest BCUT2D eigenvalue weighted by molar-refractivity contribution is -0.117. The first kappa shape index (κ1) is 15.8. The molecule has 0 fully saturated rings. The fourth-order valence-corrected chi connectivity index (χ4v) is 2.06. The van der Waals surface area contributed by atoms with Crippen LogP contribution in [-0.4, -0.2) is 35.0 Å². The average molecular weight is 301 g/mol. The highest BCUT2D eigenvalue weighted by molar-refractivity contribution is 5.99. The standard InChI is InChI=1S/C16H19N3O3/c1-12(2)10-19(16(21)13-6-4-3-5-7-13)11-15(20)17-14-8-9-22-18-14/h3-9,12H,10-11H2,1-2H3,(H,17,18,20). The Morgan fingerprint density at radius 1 is 1.23 bits per heavy atom. The van der Waals surface area contributed by atoms with Gasteiger partial charge in [-0.2, -0.15) is 0 Å². The van der Waals surface area contributed by atoms with Crippen molar-refractivity contribution in [2.75, 3.05) is 18.4 Å². The maximum atomic E-state index is 12.5. The van der Waals surface area contributed by atoms with Gasteiger partial charge in [0.1, 0.15) is 12.8 Å². The molecular weight excluding hydrogens is 282 g/mol. The lowest BCUT2D eigenvalue weighted by atomic mass is 10.1. The van der Waals surface area contributed by atoms with Gasteiger partial charge in [-0.25, -0.2) is 0 Å². The van der Waals surface area contributed by atoms with Crippen LogP contribution in [0.3, 0.4) is 0 Å². The van der Waals surface area contributed by atoms with Gasteiger partial charge in [0.15, 0.2) is 5.82 Å². The van der Waals surface area contributed by atoms with Gasteiger partial charge in [0.05, 0.1) is 0 Å². The topological polar surface area (TPSA) is 75.4 Å². The van der Waals surface area contributed by atoms with Gasteiger partial charge in [-0.3, -0.25) is 9.59 Å². The third-order valence-corrected chi connectivity index (χ3v) is 2.93. The van der Waals surface area contributed by atoms with Crippen molar-refractivity contribution >= 4 is 17.6 Å². The van der Waals surface area contributed by atoms with E-state index in [1.54, 1.807) is 30.3 Å². The monoisotopic (exact) mass is 301 g/mol. The maximum absolute atomic E-state index is 12.5. The van der Waals surface area contributed by atoms with E-state index in [2.05, 4.69) is 15.0 Å². The third kappa shape index (κ3) is 4.44. The number of hydrogen-bond acceptors (Lipinski definition) is 4. The summed E-state index contributed by atoms with van der Waals surface area (Å²) in [5, 5.41) is 6.21. The van der Waals surface area contributed by atoms with Crippen molar-refractivity contribution < 1.29 is 14.1 Å². The van der Waals surface area contributed by atoms with Gasteiger partial charge in [-0.1, -0.05) is 37.2 Å². The van der Waals surface area contributed by atoms with Crippen molar-refractivity contribution in [1.29, 1.82) is 0 Å². The Balaban J connectivity index is 2.05. The first-order chi connectivity index (χ1) is 10.6. The minimum Gasteiger partial charge on any atom is -0.363 e. The van der Waals surface area contributed by atoms with Gasteiger partial charge in [0.25, 0.3) is 5.91 Å².